The Hall–Kier alpha value is -1.58. The zero-order chi connectivity index (χ0) is 18.4. The van der Waals surface area contributed by atoms with Crippen molar-refractivity contribution in [1.29, 1.82) is 0 Å². The molecule has 0 saturated heterocycles. The van der Waals surface area contributed by atoms with Gasteiger partial charge in [0, 0.05) is 6.54 Å². The van der Waals surface area contributed by atoms with E-state index >= 15 is 0 Å². The Morgan fingerprint density at radius 1 is 1.24 bits per heavy atom. The van der Waals surface area contributed by atoms with E-state index in [0.717, 1.165) is 31.0 Å². The Morgan fingerprint density at radius 3 is 2.68 bits per heavy atom. The van der Waals surface area contributed by atoms with Crippen LogP contribution in [0.15, 0.2) is 23.1 Å². The van der Waals surface area contributed by atoms with E-state index in [0.29, 0.717) is 17.6 Å². The van der Waals surface area contributed by atoms with Gasteiger partial charge in [0.25, 0.3) is 0 Å². The Labute approximate surface area is 152 Å². The number of unbranched alkanes of at least 4 members (excludes halogenated alkanes) is 2. The van der Waals surface area contributed by atoms with Gasteiger partial charge in [0.2, 0.25) is 15.9 Å². The lowest BCUT2D eigenvalue weighted by Crippen LogP contribution is -2.49. The number of fused-ring (bicyclic) bond motifs is 1. The molecule has 0 aliphatic heterocycles. The van der Waals surface area contributed by atoms with Gasteiger partial charge in [-0.3, -0.25) is 4.79 Å². The zero-order valence-electron chi connectivity index (χ0n) is 14.7. The van der Waals surface area contributed by atoms with Crippen LogP contribution < -0.4 is 10.0 Å². The summed E-state index contributed by atoms with van der Waals surface area (Å²) in [7, 11) is -3.89. The molecule has 138 valence electrons. The van der Waals surface area contributed by atoms with Crippen molar-refractivity contribution in [2.24, 2.45) is 5.92 Å². The number of hydrogen-bond acceptors (Lipinski definition) is 6. The van der Waals surface area contributed by atoms with E-state index in [-0.39, 0.29) is 16.7 Å². The molecule has 0 bridgehead atoms. The average Bonchev–Trinajstić information content (AvgIpc) is 3.04. The highest BCUT2D eigenvalue weighted by atomic mass is 32.2. The quantitative estimate of drug-likeness (QED) is 0.646. The average molecular weight is 385 g/mol. The third kappa shape index (κ3) is 4.96. The molecule has 1 aromatic carbocycles. The fourth-order valence-electron chi connectivity index (χ4n) is 2.42. The molecule has 0 spiro atoms. The summed E-state index contributed by atoms with van der Waals surface area (Å²) in [5.74, 6) is -0.494. The first-order valence-corrected chi connectivity index (χ1v) is 10.6. The largest absolute Gasteiger partial charge is 0.355 e. The smallest absolute Gasteiger partial charge is 0.243 e. The van der Waals surface area contributed by atoms with Crippen molar-refractivity contribution in [1.82, 2.24) is 18.8 Å². The van der Waals surface area contributed by atoms with Gasteiger partial charge in [-0.1, -0.05) is 39.7 Å². The molecule has 1 amide bonds. The summed E-state index contributed by atoms with van der Waals surface area (Å²) in [6.07, 6.45) is 2.96. The number of nitrogens with zero attached hydrogens (tertiary/aromatic N) is 2. The van der Waals surface area contributed by atoms with Gasteiger partial charge < -0.3 is 5.32 Å². The lowest BCUT2D eigenvalue weighted by atomic mass is 10.1. The molecule has 0 unspecified atom stereocenters. The van der Waals surface area contributed by atoms with E-state index in [1.807, 2.05) is 13.8 Å². The number of nitrogens with one attached hydrogen (secondary N) is 2. The lowest BCUT2D eigenvalue weighted by Gasteiger charge is -2.21. The molecular formula is C16H24N4O3S2. The van der Waals surface area contributed by atoms with Crippen LogP contribution in [-0.4, -0.2) is 35.7 Å². The van der Waals surface area contributed by atoms with Gasteiger partial charge in [0.05, 0.1) is 11.7 Å². The van der Waals surface area contributed by atoms with E-state index in [1.165, 1.54) is 6.07 Å². The molecular weight excluding hydrogens is 360 g/mol. The van der Waals surface area contributed by atoms with Crippen LogP contribution >= 0.6 is 11.7 Å². The second-order valence-corrected chi connectivity index (χ2v) is 8.44. The van der Waals surface area contributed by atoms with Crippen molar-refractivity contribution in [2.45, 2.75) is 51.0 Å². The van der Waals surface area contributed by atoms with Crippen LogP contribution in [0.2, 0.25) is 0 Å². The monoisotopic (exact) mass is 384 g/mol. The summed E-state index contributed by atoms with van der Waals surface area (Å²) in [5, 5.41) is 2.81. The maximum Gasteiger partial charge on any atom is 0.243 e. The summed E-state index contributed by atoms with van der Waals surface area (Å²) < 4.78 is 36.2. The molecule has 0 saturated carbocycles. The van der Waals surface area contributed by atoms with Gasteiger partial charge in [-0.05, 0) is 24.5 Å². The summed E-state index contributed by atoms with van der Waals surface area (Å²) in [6.45, 7) is 6.25. The van der Waals surface area contributed by atoms with Gasteiger partial charge >= 0.3 is 0 Å². The number of carbonyl (C=O) groups is 1. The van der Waals surface area contributed by atoms with Crippen molar-refractivity contribution in [3.63, 3.8) is 0 Å². The maximum absolute atomic E-state index is 12.8. The summed E-state index contributed by atoms with van der Waals surface area (Å²) in [5.41, 5.74) is 0.851. The van der Waals surface area contributed by atoms with Gasteiger partial charge in [-0.25, -0.2) is 8.42 Å². The minimum atomic E-state index is -3.89. The predicted octanol–water partition coefficient (Wildman–Crippen LogP) is 2.30. The number of rotatable bonds is 9. The lowest BCUT2D eigenvalue weighted by molar-refractivity contribution is -0.123. The first-order chi connectivity index (χ1) is 11.9. The highest BCUT2D eigenvalue weighted by molar-refractivity contribution is 7.89. The minimum absolute atomic E-state index is 0.0446. The summed E-state index contributed by atoms with van der Waals surface area (Å²) >= 11 is 0.959. The fraction of sp³-hybridized carbons (Fsp3) is 0.562. The van der Waals surface area contributed by atoms with Crippen LogP contribution in [-0.2, 0) is 14.8 Å². The Balaban J connectivity index is 2.17. The second kappa shape index (κ2) is 8.68. The van der Waals surface area contributed by atoms with Crippen molar-refractivity contribution in [3.8, 4) is 0 Å². The van der Waals surface area contributed by atoms with Crippen LogP contribution in [0.25, 0.3) is 11.0 Å². The first-order valence-electron chi connectivity index (χ1n) is 8.38. The van der Waals surface area contributed by atoms with E-state index in [4.69, 9.17) is 0 Å². The molecule has 1 heterocycles. The SMILES string of the molecule is CCCCCNC(=O)[C@H](NS(=O)(=O)c1cccc2nsnc12)C(C)C. The molecule has 0 radical (unpaired) electrons. The fourth-order valence-corrected chi connectivity index (χ4v) is 4.53. The normalized spacial score (nSPS) is 13.3. The van der Waals surface area contributed by atoms with Gasteiger partial charge in [-0.2, -0.15) is 13.5 Å². The molecule has 2 aromatic rings. The third-order valence-corrected chi connectivity index (χ3v) is 5.86. The van der Waals surface area contributed by atoms with E-state index in [2.05, 4.69) is 25.7 Å². The van der Waals surface area contributed by atoms with Crippen LogP contribution in [0.1, 0.15) is 40.0 Å². The molecule has 0 aliphatic rings. The molecule has 2 rings (SSSR count). The van der Waals surface area contributed by atoms with Crippen LogP contribution in [0.5, 0.6) is 0 Å². The van der Waals surface area contributed by atoms with Gasteiger partial charge in [0.1, 0.15) is 22.0 Å². The Bertz CT molecular complexity index is 818. The van der Waals surface area contributed by atoms with Crippen LogP contribution in [0, 0.1) is 5.92 Å². The number of benzene rings is 1. The van der Waals surface area contributed by atoms with Crippen LogP contribution in [0.4, 0.5) is 0 Å². The number of sulfonamides is 1. The molecule has 7 nitrogen and oxygen atoms in total. The second-order valence-electron chi connectivity index (χ2n) is 6.23. The highest BCUT2D eigenvalue weighted by Gasteiger charge is 2.29. The van der Waals surface area contributed by atoms with Gasteiger partial charge in [0.15, 0.2) is 0 Å². The number of aromatic nitrogens is 2. The summed E-state index contributed by atoms with van der Waals surface area (Å²) in [6, 6.07) is 3.96. The van der Waals surface area contributed by atoms with E-state index in [1.54, 1.807) is 12.1 Å². The zero-order valence-corrected chi connectivity index (χ0v) is 16.3. The van der Waals surface area contributed by atoms with Crippen molar-refractivity contribution in [3.05, 3.63) is 18.2 Å². The van der Waals surface area contributed by atoms with Crippen LogP contribution in [0.3, 0.4) is 0 Å². The third-order valence-electron chi connectivity index (χ3n) is 3.85. The van der Waals surface area contributed by atoms with Crippen molar-refractivity contribution in [2.75, 3.05) is 6.54 Å². The molecule has 0 fully saturated rings. The topological polar surface area (TPSA) is 101 Å². The van der Waals surface area contributed by atoms with Crippen molar-refractivity contribution < 1.29 is 13.2 Å². The maximum atomic E-state index is 12.8. The summed E-state index contributed by atoms with van der Waals surface area (Å²) in [4.78, 5) is 12.5. The standard InChI is InChI=1S/C16H24N4O3S2/c1-4-5-6-10-17-16(21)14(11(2)3)20-25(22,23)13-9-7-8-12-15(13)19-24-18-12/h7-9,11,14,20H,4-6,10H2,1-3H3,(H,17,21)/t14-/m1/s1. The Kier molecular flexibility index (Phi) is 6.86. The molecule has 9 heteroatoms. The highest BCUT2D eigenvalue weighted by Crippen LogP contribution is 2.21. The predicted molar refractivity (Wildman–Crippen MR) is 98.9 cm³/mol. The minimum Gasteiger partial charge on any atom is -0.355 e. The van der Waals surface area contributed by atoms with Gasteiger partial charge in [-0.15, -0.1) is 0 Å². The van der Waals surface area contributed by atoms with E-state index < -0.39 is 16.1 Å². The first kappa shape index (κ1) is 19.7. The molecule has 1 atom stereocenters. The number of hydrogen-bond donors (Lipinski definition) is 2. The Morgan fingerprint density at radius 2 is 2.00 bits per heavy atom. The molecule has 2 N–H and O–H groups in total. The number of carbonyl (C=O) groups excluding carboxylic acids is 1. The molecule has 1 aromatic heterocycles. The van der Waals surface area contributed by atoms with E-state index in [9.17, 15) is 13.2 Å². The molecule has 0 aliphatic carbocycles. The van der Waals surface area contributed by atoms with Crippen molar-refractivity contribution >= 4 is 38.7 Å². The molecule has 25 heavy (non-hydrogen) atoms. The number of amides is 1.